The molecule has 24 heavy (non-hydrogen) atoms. The van der Waals surface area contributed by atoms with Gasteiger partial charge in [-0.1, -0.05) is 29.3 Å². The number of hydrogen-bond acceptors (Lipinski definition) is 3. The molecule has 2 fully saturated rings. The quantitative estimate of drug-likeness (QED) is 0.471. The van der Waals surface area contributed by atoms with Crippen LogP contribution in [0.25, 0.3) is 0 Å². The first kappa shape index (κ1) is 19.0. The summed E-state index contributed by atoms with van der Waals surface area (Å²) in [5.74, 6) is 0.923. The van der Waals surface area contributed by atoms with E-state index in [-0.39, 0.29) is 0 Å². The molecule has 134 valence electrons. The van der Waals surface area contributed by atoms with Gasteiger partial charge in [-0.25, -0.2) is 0 Å². The average Bonchev–Trinajstić information content (AvgIpc) is 2.63. The highest BCUT2D eigenvalue weighted by molar-refractivity contribution is 14.1. The minimum absolute atomic E-state index is 0.646. The van der Waals surface area contributed by atoms with E-state index >= 15 is 0 Å². The third kappa shape index (κ3) is 4.91. The average molecular weight is 482 g/mol. The zero-order valence-electron chi connectivity index (χ0n) is 14.0. The summed E-state index contributed by atoms with van der Waals surface area (Å²) in [6, 6.07) is 6.65. The first-order valence-corrected chi connectivity index (χ1v) is 10.8. The molecule has 0 bridgehead atoms. The van der Waals surface area contributed by atoms with Crippen molar-refractivity contribution in [1.82, 2.24) is 8.43 Å². The van der Waals surface area contributed by atoms with Gasteiger partial charge in [0.2, 0.25) is 0 Å². The number of anilines is 1. The fraction of sp³-hybridized carbons (Fsp3) is 0.667. The Kier molecular flexibility index (Phi) is 7.34. The summed E-state index contributed by atoms with van der Waals surface area (Å²) in [5, 5.41) is 1.33. The predicted octanol–water partition coefficient (Wildman–Crippen LogP) is 5.00. The molecule has 0 atom stereocenters. The van der Waals surface area contributed by atoms with Crippen molar-refractivity contribution in [3.63, 3.8) is 0 Å². The molecule has 2 aliphatic rings. The lowest BCUT2D eigenvalue weighted by Gasteiger charge is -2.37. The standard InChI is InChI=1S/C18H26Cl2IN3/c19-16-2-1-3-17(18(16)20)24-12-10-23(11-13-24)9-8-14-4-6-15(22-21)7-5-14/h1-3,14-15,22H,4-13H2. The van der Waals surface area contributed by atoms with Gasteiger partial charge in [0.1, 0.15) is 0 Å². The van der Waals surface area contributed by atoms with Crippen LogP contribution in [0.5, 0.6) is 0 Å². The summed E-state index contributed by atoms with van der Waals surface area (Å²) in [6.45, 7) is 5.54. The van der Waals surface area contributed by atoms with Gasteiger partial charge in [-0.3, -0.25) is 8.43 Å². The summed E-state index contributed by atoms with van der Waals surface area (Å²) in [4.78, 5) is 4.97. The number of nitrogens with zero attached hydrogens (tertiary/aromatic N) is 2. The molecule has 3 rings (SSSR count). The summed E-state index contributed by atoms with van der Waals surface area (Å²) in [6.07, 6.45) is 6.81. The van der Waals surface area contributed by atoms with Crippen molar-refractivity contribution in [2.45, 2.75) is 38.1 Å². The maximum atomic E-state index is 6.36. The Hall–Kier alpha value is 0.250. The fourth-order valence-electron chi connectivity index (χ4n) is 3.87. The van der Waals surface area contributed by atoms with E-state index in [1.165, 1.54) is 38.6 Å². The lowest BCUT2D eigenvalue weighted by atomic mass is 9.84. The predicted molar refractivity (Wildman–Crippen MR) is 113 cm³/mol. The second-order valence-electron chi connectivity index (χ2n) is 7.02. The van der Waals surface area contributed by atoms with Gasteiger partial charge in [-0.2, -0.15) is 0 Å². The molecule has 0 amide bonds. The van der Waals surface area contributed by atoms with Crippen LogP contribution >= 0.6 is 46.1 Å². The van der Waals surface area contributed by atoms with Gasteiger partial charge in [0.25, 0.3) is 0 Å². The Balaban J connectivity index is 1.42. The Morgan fingerprint density at radius 1 is 1.04 bits per heavy atom. The summed E-state index contributed by atoms with van der Waals surface area (Å²) in [7, 11) is 0. The highest BCUT2D eigenvalue weighted by Gasteiger charge is 2.23. The first-order chi connectivity index (χ1) is 11.7. The van der Waals surface area contributed by atoms with Crippen LogP contribution in [0.3, 0.4) is 0 Å². The van der Waals surface area contributed by atoms with Crippen LogP contribution in [0.2, 0.25) is 10.0 Å². The second kappa shape index (κ2) is 9.26. The minimum Gasteiger partial charge on any atom is -0.368 e. The Labute approximate surface area is 169 Å². The maximum Gasteiger partial charge on any atom is 0.0825 e. The highest BCUT2D eigenvalue weighted by Crippen LogP contribution is 2.33. The molecular formula is C18H26Cl2IN3. The van der Waals surface area contributed by atoms with Crippen LogP contribution in [0.4, 0.5) is 5.69 Å². The largest absolute Gasteiger partial charge is 0.368 e. The fourth-order valence-corrected chi connectivity index (χ4v) is 4.91. The molecular weight excluding hydrogens is 456 g/mol. The van der Waals surface area contributed by atoms with E-state index in [4.69, 9.17) is 23.2 Å². The summed E-state index contributed by atoms with van der Waals surface area (Å²) < 4.78 is 3.39. The second-order valence-corrected chi connectivity index (χ2v) is 8.43. The molecule has 0 aromatic heterocycles. The van der Waals surface area contributed by atoms with E-state index in [9.17, 15) is 0 Å². The van der Waals surface area contributed by atoms with Crippen LogP contribution in [-0.4, -0.2) is 43.7 Å². The lowest BCUT2D eigenvalue weighted by molar-refractivity contribution is 0.216. The van der Waals surface area contributed by atoms with Crippen molar-refractivity contribution in [2.75, 3.05) is 37.6 Å². The van der Waals surface area contributed by atoms with E-state index in [0.29, 0.717) is 10.0 Å². The number of piperazine rings is 1. The van der Waals surface area contributed by atoms with Crippen LogP contribution in [0, 0.1) is 5.92 Å². The van der Waals surface area contributed by atoms with Gasteiger partial charge < -0.3 is 4.90 Å². The van der Waals surface area contributed by atoms with Crippen LogP contribution in [0.1, 0.15) is 32.1 Å². The minimum atomic E-state index is 0.646. The van der Waals surface area contributed by atoms with Crippen molar-refractivity contribution in [2.24, 2.45) is 5.92 Å². The van der Waals surface area contributed by atoms with Crippen molar-refractivity contribution in [1.29, 1.82) is 0 Å². The van der Waals surface area contributed by atoms with Crippen LogP contribution in [0.15, 0.2) is 18.2 Å². The van der Waals surface area contributed by atoms with Gasteiger partial charge in [0.15, 0.2) is 0 Å². The monoisotopic (exact) mass is 481 g/mol. The zero-order chi connectivity index (χ0) is 16.9. The molecule has 0 spiro atoms. The summed E-state index contributed by atoms with van der Waals surface area (Å²) >= 11 is 14.8. The van der Waals surface area contributed by atoms with Gasteiger partial charge >= 0.3 is 0 Å². The maximum absolute atomic E-state index is 6.36. The molecule has 1 N–H and O–H groups in total. The smallest absolute Gasteiger partial charge is 0.0825 e. The van der Waals surface area contributed by atoms with Crippen LogP contribution < -0.4 is 8.43 Å². The molecule has 1 heterocycles. The SMILES string of the molecule is Clc1cccc(N2CCN(CCC3CCC(NI)CC3)CC2)c1Cl. The van der Waals surface area contributed by atoms with Gasteiger partial charge in [-0.05, 0) is 56.7 Å². The normalized spacial score (nSPS) is 25.9. The summed E-state index contributed by atoms with van der Waals surface area (Å²) in [5.41, 5.74) is 1.08. The number of halogens is 3. The number of hydrogen-bond donors (Lipinski definition) is 1. The van der Waals surface area contributed by atoms with Crippen LogP contribution in [-0.2, 0) is 0 Å². The molecule has 0 radical (unpaired) electrons. The molecule has 1 aromatic rings. The molecule has 1 saturated heterocycles. The molecule has 0 unspecified atom stereocenters. The third-order valence-electron chi connectivity index (χ3n) is 5.50. The van der Waals surface area contributed by atoms with Gasteiger partial charge in [0.05, 0.1) is 15.7 Å². The van der Waals surface area contributed by atoms with E-state index < -0.39 is 0 Å². The number of nitrogens with one attached hydrogen (secondary N) is 1. The Morgan fingerprint density at radius 3 is 2.42 bits per heavy atom. The Morgan fingerprint density at radius 2 is 1.75 bits per heavy atom. The Bertz CT molecular complexity index is 527. The lowest BCUT2D eigenvalue weighted by Crippen LogP contribution is -2.47. The van der Waals surface area contributed by atoms with E-state index in [2.05, 4.69) is 42.3 Å². The number of rotatable bonds is 5. The van der Waals surface area contributed by atoms with Crippen molar-refractivity contribution in [3.05, 3.63) is 28.2 Å². The van der Waals surface area contributed by atoms with E-state index in [1.54, 1.807) is 0 Å². The molecule has 3 nitrogen and oxygen atoms in total. The first-order valence-electron chi connectivity index (χ1n) is 8.95. The van der Waals surface area contributed by atoms with Crippen molar-refractivity contribution >= 4 is 51.8 Å². The van der Waals surface area contributed by atoms with Crippen molar-refractivity contribution < 1.29 is 0 Å². The van der Waals surface area contributed by atoms with E-state index in [1.807, 2.05) is 12.1 Å². The molecule has 1 aliphatic heterocycles. The molecule has 1 aromatic carbocycles. The molecule has 1 aliphatic carbocycles. The zero-order valence-corrected chi connectivity index (χ0v) is 17.7. The van der Waals surface area contributed by atoms with Gasteiger partial charge in [-0.15, -0.1) is 0 Å². The highest BCUT2D eigenvalue weighted by atomic mass is 127. The molecule has 1 saturated carbocycles. The van der Waals surface area contributed by atoms with Crippen molar-refractivity contribution in [3.8, 4) is 0 Å². The number of benzene rings is 1. The topological polar surface area (TPSA) is 18.5 Å². The van der Waals surface area contributed by atoms with E-state index in [0.717, 1.165) is 43.8 Å². The van der Waals surface area contributed by atoms with Gasteiger partial charge in [0, 0.05) is 55.1 Å². The molecule has 6 heteroatoms. The third-order valence-corrected chi connectivity index (χ3v) is 7.19.